The van der Waals surface area contributed by atoms with Crippen molar-refractivity contribution in [3.63, 3.8) is 0 Å². The lowest BCUT2D eigenvalue weighted by Gasteiger charge is -2.15. The molecule has 0 saturated heterocycles. The Morgan fingerprint density at radius 2 is 2.38 bits per heavy atom. The van der Waals surface area contributed by atoms with Gasteiger partial charge in [-0.15, -0.1) is 0 Å². The Morgan fingerprint density at radius 1 is 1.62 bits per heavy atom. The fraction of sp³-hybridized carbons (Fsp3) is 0.500. The summed E-state index contributed by atoms with van der Waals surface area (Å²) in [6.45, 7) is 1.80. The van der Waals surface area contributed by atoms with Crippen molar-refractivity contribution in [2.24, 2.45) is 16.6 Å². The van der Waals surface area contributed by atoms with Crippen molar-refractivity contribution in [3.05, 3.63) is 18.3 Å². The Morgan fingerprint density at radius 3 is 2.90 bits per heavy atom. The summed E-state index contributed by atoms with van der Waals surface area (Å²) >= 11 is 4.54. The van der Waals surface area contributed by atoms with E-state index in [9.17, 15) is 0 Å². The zero-order valence-corrected chi connectivity index (χ0v) is 13.0. The largest absolute Gasteiger partial charge is 0.372 e. The molecule has 1 aromatic rings. The van der Waals surface area contributed by atoms with Crippen LogP contribution in [0.4, 0.5) is 11.5 Å². The summed E-state index contributed by atoms with van der Waals surface area (Å²) in [6.07, 6.45) is 6.45. The number of aromatic nitrogens is 1. The summed E-state index contributed by atoms with van der Waals surface area (Å²) in [7, 11) is 0. The third-order valence-electron chi connectivity index (χ3n) is 3.24. The molecule has 0 amide bonds. The maximum Gasteiger partial charge on any atom is 0.131 e. The second-order valence-corrected chi connectivity index (χ2v) is 5.95. The van der Waals surface area contributed by atoms with E-state index in [1.54, 1.807) is 13.1 Å². The van der Waals surface area contributed by atoms with Gasteiger partial charge in [0.1, 0.15) is 18.0 Å². The second kappa shape index (κ2) is 7.42. The molecule has 0 aliphatic heterocycles. The highest BCUT2D eigenvalue weighted by Crippen LogP contribution is 2.34. The van der Waals surface area contributed by atoms with Gasteiger partial charge >= 0.3 is 0 Å². The van der Waals surface area contributed by atoms with Gasteiger partial charge in [-0.1, -0.05) is 12.8 Å². The smallest absolute Gasteiger partial charge is 0.131 e. The first kappa shape index (κ1) is 15.8. The van der Waals surface area contributed by atoms with Crippen LogP contribution in [0.2, 0.25) is 0 Å². The number of nitrogens with one attached hydrogen (secondary N) is 3. The standard InChI is InChI=1S/C14H22N6S/c1-9(16)14(18-8-15)20-12-5-4-11(7-17-12)19-13(21)6-10-2-3-10/h4-5,7-10,13,19,21H,2-3,6,16H2,1H3,(H2,15,17,18,20)/t9-,13?/m0/s1. The Hall–Kier alpha value is -1.60. The number of aliphatic imine (C=N–C) groups is 1. The number of thiol groups is 1. The third-order valence-corrected chi connectivity index (χ3v) is 3.58. The predicted molar refractivity (Wildman–Crippen MR) is 91.5 cm³/mol. The number of hydrogen-bond acceptors (Lipinski definition) is 5. The molecule has 114 valence electrons. The van der Waals surface area contributed by atoms with Crippen LogP contribution in [0.1, 0.15) is 26.2 Å². The van der Waals surface area contributed by atoms with E-state index in [-0.39, 0.29) is 11.4 Å². The van der Waals surface area contributed by atoms with Gasteiger partial charge in [0.15, 0.2) is 0 Å². The minimum absolute atomic E-state index is 0.164. The van der Waals surface area contributed by atoms with Gasteiger partial charge in [0, 0.05) is 0 Å². The zero-order chi connectivity index (χ0) is 15.2. The highest BCUT2D eigenvalue weighted by atomic mass is 32.1. The van der Waals surface area contributed by atoms with Gasteiger partial charge in [-0.2, -0.15) is 12.6 Å². The van der Waals surface area contributed by atoms with Crippen molar-refractivity contribution in [3.8, 4) is 0 Å². The van der Waals surface area contributed by atoms with Crippen molar-refractivity contribution in [2.75, 3.05) is 10.6 Å². The van der Waals surface area contributed by atoms with E-state index in [4.69, 9.17) is 11.1 Å². The molecular formula is C14H22N6S. The van der Waals surface area contributed by atoms with Crippen LogP contribution in [0, 0.1) is 11.3 Å². The van der Waals surface area contributed by atoms with E-state index >= 15 is 0 Å². The third kappa shape index (κ3) is 5.35. The normalized spacial score (nSPS) is 18.0. The molecule has 21 heavy (non-hydrogen) atoms. The van der Waals surface area contributed by atoms with Gasteiger partial charge in [-0.25, -0.2) is 9.98 Å². The highest BCUT2D eigenvalue weighted by molar-refractivity contribution is 7.81. The fourth-order valence-corrected chi connectivity index (χ4v) is 2.39. The first-order chi connectivity index (χ1) is 10.1. The summed E-state index contributed by atoms with van der Waals surface area (Å²) in [6, 6.07) is 3.50. The van der Waals surface area contributed by atoms with Crippen LogP contribution in [0.15, 0.2) is 23.3 Å². The van der Waals surface area contributed by atoms with Gasteiger partial charge in [0.2, 0.25) is 0 Å². The Balaban J connectivity index is 1.91. The molecule has 0 bridgehead atoms. The maximum atomic E-state index is 7.02. The summed E-state index contributed by atoms with van der Waals surface area (Å²) in [5.41, 5.74) is 6.71. The number of hydrogen-bond donors (Lipinski definition) is 5. The average molecular weight is 306 g/mol. The minimum Gasteiger partial charge on any atom is -0.372 e. The molecule has 1 heterocycles. The van der Waals surface area contributed by atoms with E-state index in [0.29, 0.717) is 11.7 Å². The molecule has 0 radical (unpaired) electrons. The summed E-state index contributed by atoms with van der Waals surface area (Å²) in [5, 5.41) is 13.5. The Bertz CT molecular complexity index is 495. The number of pyridine rings is 1. The maximum absolute atomic E-state index is 7.02. The Labute approximate surface area is 130 Å². The quantitative estimate of drug-likeness (QED) is 0.231. The van der Waals surface area contributed by atoms with E-state index in [2.05, 4.69) is 33.2 Å². The van der Waals surface area contributed by atoms with Gasteiger partial charge in [0.25, 0.3) is 0 Å². The van der Waals surface area contributed by atoms with E-state index in [1.165, 1.54) is 12.8 Å². The number of rotatable bonds is 7. The molecule has 6 nitrogen and oxygen atoms in total. The van der Waals surface area contributed by atoms with Gasteiger partial charge in [-0.3, -0.25) is 5.41 Å². The van der Waals surface area contributed by atoms with Crippen molar-refractivity contribution < 1.29 is 0 Å². The Kier molecular flexibility index (Phi) is 5.58. The molecule has 0 aromatic carbocycles. The van der Waals surface area contributed by atoms with Crippen LogP contribution in [-0.2, 0) is 0 Å². The number of nitrogens with zero attached hydrogens (tertiary/aromatic N) is 2. The molecule has 2 rings (SSSR count). The monoisotopic (exact) mass is 306 g/mol. The van der Waals surface area contributed by atoms with Crippen molar-refractivity contribution in [1.29, 1.82) is 5.41 Å². The number of amidine groups is 1. The van der Waals surface area contributed by atoms with Crippen molar-refractivity contribution in [1.82, 2.24) is 4.98 Å². The molecule has 2 atom stereocenters. The van der Waals surface area contributed by atoms with Crippen LogP contribution < -0.4 is 16.4 Å². The van der Waals surface area contributed by atoms with Crippen LogP contribution in [-0.4, -0.2) is 28.6 Å². The van der Waals surface area contributed by atoms with Crippen LogP contribution >= 0.6 is 12.6 Å². The van der Waals surface area contributed by atoms with Gasteiger partial charge in [0.05, 0.1) is 23.3 Å². The first-order valence-electron chi connectivity index (χ1n) is 7.08. The molecule has 1 saturated carbocycles. The molecule has 7 heteroatoms. The lowest BCUT2D eigenvalue weighted by molar-refractivity contribution is 0.732. The minimum atomic E-state index is -0.286. The topological polar surface area (TPSA) is 99.2 Å². The predicted octanol–water partition coefficient (Wildman–Crippen LogP) is 2.31. The highest BCUT2D eigenvalue weighted by Gasteiger charge is 2.23. The molecule has 1 unspecified atom stereocenters. The summed E-state index contributed by atoms with van der Waals surface area (Å²) < 4.78 is 0. The van der Waals surface area contributed by atoms with E-state index in [0.717, 1.165) is 24.4 Å². The fourth-order valence-electron chi connectivity index (χ4n) is 1.94. The van der Waals surface area contributed by atoms with Crippen LogP contribution in [0.25, 0.3) is 0 Å². The molecule has 1 aromatic heterocycles. The molecule has 1 fully saturated rings. The number of anilines is 2. The molecule has 1 aliphatic carbocycles. The van der Waals surface area contributed by atoms with E-state index in [1.807, 2.05) is 12.1 Å². The van der Waals surface area contributed by atoms with Crippen molar-refractivity contribution in [2.45, 2.75) is 37.6 Å². The average Bonchev–Trinajstić information content (AvgIpc) is 3.24. The van der Waals surface area contributed by atoms with Crippen LogP contribution in [0.5, 0.6) is 0 Å². The SMILES string of the molecule is C[C@H](N)/C(=N/C=N)Nc1ccc(NC(S)CC2CC2)cn1. The van der Waals surface area contributed by atoms with E-state index < -0.39 is 0 Å². The van der Waals surface area contributed by atoms with Crippen LogP contribution in [0.3, 0.4) is 0 Å². The summed E-state index contributed by atoms with van der Waals surface area (Å²) in [4.78, 5) is 8.20. The van der Waals surface area contributed by atoms with Gasteiger partial charge in [-0.05, 0) is 31.4 Å². The molecule has 0 spiro atoms. The zero-order valence-electron chi connectivity index (χ0n) is 12.1. The van der Waals surface area contributed by atoms with Gasteiger partial charge < -0.3 is 16.4 Å². The summed E-state index contributed by atoms with van der Waals surface area (Å²) in [5.74, 6) is 2.00. The first-order valence-corrected chi connectivity index (χ1v) is 7.60. The lowest BCUT2D eigenvalue weighted by Crippen LogP contribution is -2.33. The molecule has 5 N–H and O–H groups in total. The van der Waals surface area contributed by atoms with Crippen molar-refractivity contribution >= 4 is 36.3 Å². The number of nitrogens with two attached hydrogens (primary N) is 1. The second-order valence-electron chi connectivity index (χ2n) is 5.33. The molecular weight excluding hydrogens is 284 g/mol. The molecule has 1 aliphatic rings. The lowest BCUT2D eigenvalue weighted by atomic mass is 10.3.